The molecule has 114 valence electrons. The first-order chi connectivity index (χ1) is 9.08. The molecule has 1 aliphatic carbocycles. The Hall–Kier alpha value is -0.120. The van der Waals surface area contributed by atoms with Crippen molar-refractivity contribution in [2.45, 2.75) is 58.9 Å². The van der Waals surface area contributed by atoms with Crippen LogP contribution in [-0.2, 0) is 4.74 Å². The topological polar surface area (TPSA) is 33.3 Å². The highest BCUT2D eigenvalue weighted by atomic mass is 16.5. The normalized spacial score (nSPS) is 20.1. The highest BCUT2D eigenvalue weighted by molar-refractivity contribution is 4.88. The van der Waals surface area contributed by atoms with E-state index in [1.54, 1.807) is 7.11 Å². The first-order valence-corrected chi connectivity index (χ1v) is 8.01. The smallest absolute Gasteiger partial charge is 0.0587 e. The lowest BCUT2D eigenvalue weighted by Crippen LogP contribution is -2.43. The van der Waals surface area contributed by atoms with E-state index in [2.05, 4.69) is 31.4 Å². The predicted molar refractivity (Wildman–Crippen MR) is 82.6 cm³/mol. The van der Waals surface area contributed by atoms with Gasteiger partial charge >= 0.3 is 0 Å². The number of ether oxygens (including phenoxy) is 1. The molecule has 1 rings (SSSR count). The van der Waals surface area contributed by atoms with E-state index in [4.69, 9.17) is 4.74 Å². The molecule has 3 nitrogen and oxygen atoms in total. The van der Waals surface area contributed by atoms with Gasteiger partial charge in [-0.2, -0.15) is 0 Å². The molecule has 0 radical (unpaired) electrons. The van der Waals surface area contributed by atoms with Gasteiger partial charge < -0.3 is 15.4 Å². The molecule has 0 aliphatic heterocycles. The summed E-state index contributed by atoms with van der Waals surface area (Å²) in [5, 5.41) is 7.17. The second kappa shape index (κ2) is 8.93. The van der Waals surface area contributed by atoms with Gasteiger partial charge in [0.2, 0.25) is 0 Å². The van der Waals surface area contributed by atoms with Gasteiger partial charge in [-0.05, 0) is 37.5 Å². The van der Waals surface area contributed by atoms with E-state index in [-0.39, 0.29) is 0 Å². The van der Waals surface area contributed by atoms with Crippen molar-refractivity contribution in [2.24, 2.45) is 11.3 Å². The molecule has 0 heterocycles. The molecular formula is C16H34N2O. The SMILES string of the molecule is COCCNCC(C)NCC1(CC(C)C)CCCC1. The number of nitrogens with one attached hydrogen (secondary N) is 2. The summed E-state index contributed by atoms with van der Waals surface area (Å²) >= 11 is 0. The quantitative estimate of drug-likeness (QED) is 0.599. The summed E-state index contributed by atoms with van der Waals surface area (Å²) in [6, 6.07) is 0.543. The average Bonchev–Trinajstić information content (AvgIpc) is 2.80. The summed E-state index contributed by atoms with van der Waals surface area (Å²) in [4.78, 5) is 0. The van der Waals surface area contributed by atoms with Crippen molar-refractivity contribution in [1.29, 1.82) is 0 Å². The Bertz CT molecular complexity index is 225. The molecule has 0 saturated heterocycles. The molecule has 0 aromatic carbocycles. The Balaban J connectivity index is 2.23. The van der Waals surface area contributed by atoms with Gasteiger partial charge in [-0.25, -0.2) is 0 Å². The third kappa shape index (κ3) is 6.73. The van der Waals surface area contributed by atoms with Crippen LogP contribution in [0, 0.1) is 11.3 Å². The summed E-state index contributed by atoms with van der Waals surface area (Å²) in [5.74, 6) is 0.815. The summed E-state index contributed by atoms with van der Waals surface area (Å²) < 4.78 is 5.04. The lowest BCUT2D eigenvalue weighted by atomic mass is 9.78. The molecule has 19 heavy (non-hydrogen) atoms. The monoisotopic (exact) mass is 270 g/mol. The minimum Gasteiger partial charge on any atom is -0.383 e. The number of rotatable bonds is 10. The van der Waals surface area contributed by atoms with Crippen LogP contribution in [0.3, 0.4) is 0 Å². The van der Waals surface area contributed by atoms with E-state index in [1.165, 1.54) is 38.6 Å². The van der Waals surface area contributed by atoms with Crippen LogP contribution in [-0.4, -0.2) is 39.4 Å². The molecule has 0 aromatic heterocycles. The van der Waals surface area contributed by atoms with Crippen LogP contribution in [0.15, 0.2) is 0 Å². The highest BCUT2D eigenvalue weighted by Crippen LogP contribution is 2.42. The Kier molecular flexibility index (Phi) is 7.96. The van der Waals surface area contributed by atoms with Gasteiger partial charge in [-0.1, -0.05) is 26.7 Å². The van der Waals surface area contributed by atoms with Crippen LogP contribution in [0.4, 0.5) is 0 Å². The van der Waals surface area contributed by atoms with Gasteiger partial charge in [-0.3, -0.25) is 0 Å². The van der Waals surface area contributed by atoms with Gasteiger partial charge in [0.05, 0.1) is 6.61 Å². The number of hydrogen-bond donors (Lipinski definition) is 2. The van der Waals surface area contributed by atoms with Crippen LogP contribution in [0.1, 0.15) is 52.9 Å². The summed E-state index contributed by atoms with van der Waals surface area (Å²) in [6.45, 7) is 11.0. The molecular weight excluding hydrogens is 236 g/mol. The number of hydrogen-bond acceptors (Lipinski definition) is 3. The van der Waals surface area contributed by atoms with E-state index in [1.807, 2.05) is 0 Å². The zero-order valence-electron chi connectivity index (χ0n) is 13.4. The average molecular weight is 270 g/mol. The molecule has 1 fully saturated rings. The second-order valence-corrected chi connectivity index (χ2v) is 6.78. The van der Waals surface area contributed by atoms with Gasteiger partial charge in [-0.15, -0.1) is 0 Å². The summed E-state index contributed by atoms with van der Waals surface area (Å²) in [6.07, 6.45) is 7.07. The summed E-state index contributed by atoms with van der Waals surface area (Å²) in [5.41, 5.74) is 0.578. The van der Waals surface area contributed by atoms with Crippen LogP contribution >= 0.6 is 0 Å². The fourth-order valence-corrected chi connectivity index (χ4v) is 3.40. The van der Waals surface area contributed by atoms with Gasteiger partial charge in [0, 0.05) is 32.8 Å². The van der Waals surface area contributed by atoms with E-state index >= 15 is 0 Å². The fourth-order valence-electron chi connectivity index (χ4n) is 3.40. The third-order valence-electron chi connectivity index (χ3n) is 4.26. The first-order valence-electron chi connectivity index (χ1n) is 8.01. The molecule has 1 aliphatic rings. The third-order valence-corrected chi connectivity index (χ3v) is 4.26. The van der Waals surface area contributed by atoms with E-state index < -0.39 is 0 Å². The van der Waals surface area contributed by atoms with Crippen LogP contribution in [0.5, 0.6) is 0 Å². The van der Waals surface area contributed by atoms with Gasteiger partial charge in [0.1, 0.15) is 0 Å². The Morgan fingerprint density at radius 2 is 1.84 bits per heavy atom. The van der Waals surface area contributed by atoms with Gasteiger partial charge in [0.15, 0.2) is 0 Å². The molecule has 1 atom stereocenters. The van der Waals surface area contributed by atoms with Gasteiger partial charge in [0.25, 0.3) is 0 Å². The highest BCUT2D eigenvalue weighted by Gasteiger charge is 2.34. The molecule has 0 spiro atoms. The van der Waals surface area contributed by atoms with Crippen LogP contribution in [0.2, 0.25) is 0 Å². The van der Waals surface area contributed by atoms with Crippen molar-refractivity contribution >= 4 is 0 Å². The molecule has 0 amide bonds. The maximum atomic E-state index is 5.04. The first kappa shape index (κ1) is 16.9. The zero-order valence-corrected chi connectivity index (χ0v) is 13.4. The molecule has 0 aromatic rings. The second-order valence-electron chi connectivity index (χ2n) is 6.78. The van der Waals surface area contributed by atoms with Crippen molar-refractivity contribution < 1.29 is 4.74 Å². The zero-order chi connectivity index (χ0) is 14.1. The lowest BCUT2D eigenvalue weighted by Gasteiger charge is -2.32. The number of methoxy groups -OCH3 is 1. The van der Waals surface area contributed by atoms with Crippen LogP contribution in [0.25, 0.3) is 0 Å². The molecule has 3 heteroatoms. The van der Waals surface area contributed by atoms with Crippen molar-refractivity contribution in [3.63, 3.8) is 0 Å². The van der Waals surface area contributed by atoms with Crippen molar-refractivity contribution in [1.82, 2.24) is 10.6 Å². The Morgan fingerprint density at radius 3 is 2.42 bits per heavy atom. The van der Waals surface area contributed by atoms with Crippen molar-refractivity contribution in [2.75, 3.05) is 33.4 Å². The van der Waals surface area contributed by atoms with Crippen molar-refractivity contribution in [3.8, 4) is 0 Å². The Labute approximate surface area is 119 Å². The minimum absolute atomic E-state index is 0.543. The molecule has 1 saturated carbocycles. The minimum atomic E-state index is 0.543. The maximum absolute atomic E-state index is 5.04. The largest absolute Gasteiger partial charge is 0.383 e. The fraction of sp³-hybridized carbons (Fsp3) is 1.00. The Morgan fingerprint density at radius 1 is 1.16 bits per heavy atom. The lowest BCUT2D eigenvalue weighted by molar-refractivity contribution is 0.195. The van der Waals surface area contributed by atoms with Crippen molar-refractivity contribution in [3.05, 3.63) is 0 Å². The van der Waals surface area contributed by atoms with Crippen LogP contribution < -0.4 is 10.6 Å². The van der Waals surface area contributed by atoms with E-state index in [9.17, 15) is 0 Å². The summed E-state index contributed by atoms with van der Waals surface area (Å²) in [7, 11) is 1.75. The van der Waals surface area contributed by atoms with E-state index in [0.717, 1.165) is 25.6 Å². The molecule has 1 unspecified atom stereocenters. The maximum Gasteiger partial charge on any atom is 0.0587 e. The van der Waals surface area contributed by atoms with E-state index in [0.29, 0.717) is 11.5 Å². The predicted octanol–water partition coefficient (Wildman–Crippen LogP) is 2.81. The molecule has 2 N–H and O–H groups in total. The molecule has 0 bridgehead atoms. The standard InChI is InChI=1S/C16H34N2O/c1-14(2)11-16(7-5-6-8-16)13-18-15(3)12-17-9-10-19-4/h14-15,17-18H,5-13H2,1-4H3.